The van der Waals surface area contributed by atoms with E-state index in [2.05, 4.69) is 43.7 Å². The maximum atomic E-state index is 12.5. The number of aryl methyl sites for hydroxylation is 1. The quantitative estimate of drug-likeness (QED) is 0.667. The lowest BCUT2D eigenvalue weighted by Gasteiger charge is -2.17. The molecule has 0 saturated carbocycles. The van der Waals surface area contributed by atoms with Crippen molar-refractivity contribution in [1.29, 1.82) is 0 Å². The number of amides is 1. The van der Waals surface area contributed by atoms with Gasteiger partial charge in [-0.05, 0) is 55.7 Å². The SMILES string of the molecule is Cc1cccc(CNC(=O)c2ccnc(Nc3ccc(N4CCCC4)cc3)n2)c1. The van der Waals surface area contributed by atoms with Crippen molar-refractivity contribution < 1.29 is 4.79 Å². The van der Waals surface area contributed by atoms with Gasteiger partial charge in [-0.3, -0.25) is 4.79 Å². The third kappa shape index (κ3) is 4.90. The van der Waals surface area contributed by atoms with Crippen LogP contribution in [0.4, 0.5) is 17.3 Å². The molecule has 1 fully saturated rings. The molecule has 0 atom stereocenters. The first-order valence-electron chi connectivity index (χ1n) is 9.96. The van der Waals surface area contributed by atoms with E-state index in [9.17, 15) is 4.79 Å². The molecule has 0 aliphatic carbocycles. The fourth-order valence-electron chi connectivity index (χ4n) is 3.50. The predicted octanol–water partition coefficient (Wildman–Crippen LogP) is 4.06. The number of nitrogens with one attached hydrogen (secondary N) is 2. The van der Waals surface area contributed by atoms with E-state index in [-0.39, 0.29) is 5.91 Å². The lowest BCUT2D eigenvalue weighted by atomic mass is 10.1. The first-order valence-corrected chi connectivity index (χ1v) is 9.96. The van der Waals surface area contributed by atoms with Gasteiger partial charge in [0, 0.05) is 37.2 Å². The van der Waals surface area contributed by atoms with Crippen LogP contribution in [0.15, 0.2) is 60.8 Å². The highest BCUT2D eigenvalue weighted by atomic mass is 16.1. The van der Waals surface area contributed by atoms with E-state index in [1.54, 1.807) is 12.3 Å². The van der Waals surface area contributed by atoms with Gasteiger partial charge in [0.05, 0.1) is 0 Å². The highest BCUT2D eigenvalue weighted by Gasteiger charge is 2.12. The summed E-state index contributed by atoms with van der Waals surface area (Å²) in [5.74, 6) is 0.184. The molecule has 3 aromatic rings. The van der Waals surface area contributed by atoms with Crippen molar-refractivity contribution in [3.8, 4) is 0 Å². The van der Waals surface area contributed by atoms with Crippen molar-refractivity contribution in [3.63, 3.8) is 0 Å². The summed E-state index contributed by atoms with van der Waals surface area (Å²) in [5.41, 5.74) is 4.69. The normalized spacial score (nSPS) is 13.3. The van der Waals surface area contributed by atoms with Gasteiger partial charge in [-0.15, -0.1) is 0 Å². The highest BCUT2D eigenvalue weighted by Crippen LogP contribution is 2.23. The molecule has 1 aliphatic rings. The van der Waals surface area contributed by atoms with Gasteiger partial charge in [0.15, 0.2) is 0 Å². The Labute approximate surface area is 171 Å². The monoisotopic (exact) mass is 387 g/mol. The Bertz CT molecular complexity index is 981. The summed E-state index contributed by atoms with van der Waals surface area (Å²) in [5, 5.41) is 6.09. The first-order chi connectivity index (χ1) is 14.2. The van der Waals surface area contributed by atoms with Gasteiger partial charge in [0.1, 0.15) is 5.69 Å². The van der Waals surface area contributed by atoms with E-state index in [0.29, 0.717) is 18.2 Å². The second-order valence-corrected chi connectivity index (χ2v) is 7.30. The van der Waals surface area contributed by atoms with Crippen LogP contribution in [-0.4, -0.2) is 29.0 Å². The van der Waals surface area contributed by atoms with Gasteiger partial charge in [-0.2, -0.15) is 0 Å². The molecular weight excluding hydrogens is 362 g/mol. The number of hydrogen-bond acceptors (Lipinski definition) is 5. The third-order valence-electron chi connectivity index (χ3n) is 5.02. The molecule has 1 aliphatic heterocycles. The van der Waals surface area contributed by atoms with Crippen molar-refractivity contribution >= 4 is 23.2 Å². The van der Waals surface area contributed by atoms with Crippen molar-refractivity contribution in [3.05, 3.63) is 77.6 Å². The van der Waals surface area contributed by atoms with Gasteiger partial charge in [0.25, 0.3) is 5.91 Å². The summed E-state index contributed by atoms with van der Waals surface area (Å²) < 4.78 is 0. The second kappa shape index (κ2) is 8.73. The van der Waals surface area contributed by atoms with Gasteiger partial charge in [0.2, 0.25) is 5.95 Å². The van der Waals surface area contributed by atoms with Crippen molar-refractivity contribution in [2.45, 2.75) is 26.3 Å². The first kappa shape index (κ1) is 18.9. The van der Waals surface area contributed by atoms with Crippen molar-refractivity contribution in [2.75, 3.05) is 23.3 Å². The number of hydrogen-bond donors (Lipinski definition) is 2. The molecule has 2 N–H and O–H groups in total. The smallest absolute Gasteiger partial charge is 0.270 e. The lowest BCUT2D eigenvalue weighted by molar-refractivity contribution is 0.0946. The van der Waals surface area contributed by atoms with Crippen molar-refractivity contribution in [2.24, 2.45) is 0 Å². The maximum absolute atomic E-state index is 12.5. The van der Waals surface area contributed by atoms with E-state index >= 15 is 0 Å². The maximum Gasteiger partial charge on any atom is 0.270 e. The van der Waals surface area contributed by atoms with Gasteiger partial charge >= 0.3 is 0 Å². The number of benzene rings is 2. The van der Waals surface area contributed by atoms with Crippen LogP contribution < -0.4 is 15.5 Å². The Morgan fingerprint density at radius 2 is 1.86 bits per heavy atom. The fraction of sp³-hybridized carbons (Fsp3) is 0.261. The molecule has 1 amide bonds. The molecule has 0 bridgehead atoms. The summed E-state index contributed by atoms with van der Waals surface area (Å²) in [6.45, 7) is 4.74. The standard InChI is InChI=1S/C23H25N5O/c1-17-5-4-6-18(15-17)16-25-22(29)21-11-12-24-23(27-21)26-19-7-9-20(10-8-19)28-13-2-3-14-28/h4-12,15H,2-3,13-14,16H2,1H3,(H,25,29)(H,24,26,27). The summed E-state index contributed by atoms with van der Waals surface area (Å²) in [7, 11) is 0. The van der Waals surface area contributed by atoms with Crippen LogP contribution in [0.2, 0.25) is 0 Å². The lowest BCUT2D eigenvalue weighted by Crippen LogP contribution is -2.24. The van der Waals surface area contributed by atoms with E-state index in [1.165, 1.54) is 24.1 Å². The number of rotatable bonds is 6. The molecule has 4 rings (SSSR count). The summed E-state index contributed by atoms with van der Waals surface area (Å²) in [4.78, 5) is 23.4. The molecular formula is C23H25N5O. The Kier molecular flexibility index (Phi) is 5.70. The van der Waals surface area contributed by atoms with Crippen LogP contribution in [0.25, 0.3) is 0 Å². The Morgan fingerprint density at radius 3 is 2.62 bits per heavy atom. The molecule has 148 valence electrons. The second-order valence-electron chi connectivity index (χ2n) is 7.30. The van der Waals surface area contributed by atoms with Crippen LogP contribution >= 0.6 is 0 Å². The van der Waals surface area contributed by atoms with E-state index in [0.717, 1.165) is 24.3 Å². The van der Waals surface area contributed by atoms with E-state index < -0.39 is 0 Å². The molecule has 0 radical (unpaired) electrons. The average molecular weight is 387 g/mol. The fourth-order valence-corrected chi connectivity index (χ4v) is 3.50. The summed E-state index contributed by atoms with van der Waals surface area (Å²) in [6, 6.07) is 17.9. The molecule has 0 unspecified atom stereocenters. The van der Waals surface area contributed by atoms with Crippen LogP contribution in [-0.2, 0) is 6.54 Å². The largest absolute Gasteiger partial charge is 0.372 e. The topological polar surface area (TPSA) is 70.2 Å². The predicted molar refractivity (Wildman–Crippen MR) is 116 cm³/mol. The number of anilines is 3. The van der Waals surface area contributed by atoms with Crippen LogP contribution in [0.3, 0.4) is 0 Å². The third-order valence-corrected chi connectivity index (χ3v) is 5.02. The van der Waals surface area contributed by atoms with Gasteiger partial charge < -0.3 is 15.5 Å². The number of carbonyl (C=O) groups is 1. The Morgan fingerprint density at radius 1 is 1.07 bits per heavy atom. The number of aromatic nitrogens is 2. The molecule has 6 heteroatoms. The van der Waals surface area contributed by atoms with E-state index in [4.69, 9.17) is 0 Å². The molecule has 0 spiro atoms. The Hall–Kier alpha value is -3.41. The summed E-state index contributed by atoms with van der Waals surface area (Å²) in [6.07, 6.45) is 4.11. The molecule has 1 saturated heterocycles. The van der Waals surface area contributed by atoms with Gasteiger partial charge in [-0.25, -0.2) is 9.97 Å². The molecule has 2 aromatic carbocycles. The highest BCUT2D eigenvalue weighted by molar-refractivity contribution is 5.92. The van der Waals surface area contributed by atoms with Gasteiger partial charge in [-0.1, -0.05) is 29.8 Å². The van der Waals surface area contributed by atoms with E-state index in [1.807, 2.05) is 37.3 Å². The minimum absolute atomic E-state index is 0.221. The molecule has 2 heterocycles. The van der Waals surface area contributed by atoms with Crippen LogP contribution in [0, 0.1) is 6.92 Å². The molecule has 29 heavy (non-hydrogen) atoms. The number of carbonyl (C=O) groups excluding carboxylic acids is 1. The minimum atomic E-state index is -0.221. The molecule has 1 aromatic heterocycles. The number of nitrogens with zero attached hydrogens (tertiary/aromatic N) is 3. The minimum Gasteiger partial charge on any atom is -0.372 e. The zero-order valence-corrected chi connectivity index (χ0v) is 16.6. The molecule has 6 nitrogen and oxygen atoms in total. The Balaban J connectivity index is 1.38. The zero-order valence-electron chi connectivity index (χ0n) is 16.6. The van der Waals surface area contributed by atoms with Crippen LogP contribution in [0.5, 0.6) is 0 Å². The zero-order chi connectivity index (χ0) is 20.1. The summed E-state index contributed by atoms with van der Waals surface area (Å²) >= 11 is 0. The van der Waals surface area contributed by atoms with Crippen LogP contribution in [0.1, 0.15) is 34.5 Å². The van der Waals surface area contributed by atoms with Crippen molar-refractivity contribution in [1.82, 2.24) is 15.3 Å². The average Bonchev–Trinajstić information content (AvgIpc) is 3.28.